The number of rotatable bonds is 12. The molecule has 12 heteroatoms. The number of nitrogens with zero attached hydrogens (tertiary/aromatic N) is 3. The number of alkyl halides is 3. The molecular formula is C28H25ClF3N3O5. The van der Waals surface area contributed by atoms with E-state index in [9.17, 15) is 18.0 Å². The first-order valence-electron chi connectivity index (χ1n) is 12.1. The number of aromatic nitrogens is 2. The summed E-state index contributed by atoms with van der Waals surface area (Å²) in [5, 5.41) is 14.5. The van der Waals surface area contributed by atoms with Crippen LogP contribution in [0.15, 0.2) is 78.2 Å². The molecule has 2 aromatic carbocycles. The van der Waals surface area contributed by atoms with E-state index in [1.807, 2.05) is 47.2 Å². The Labute approximate surface area is 232 Å². The van der Waals surface area contributed by atoms with Crippen LogP contribution >= 0.6 is 11.6 Å². The lowest BCUT2D eigenvalue weighted by molar-refractivity contribution is -0.192. The number of ether oxygens (including phenoxy) is 2. The number of fused-ring (bicyclic) bond motifs is 1. The van der Waals surface area contributed by atoms with E-state index in [0.717, 1.165) is 10.9 Å². The molecule has 1 N–H and O–H groups in total. The first kappa shape index (κ1) is 28.9. The highest BCUT2D eigenvalue weighted by molar-refractivity contribution is 6.39. The molecule has 0 spiro atoms. The molecule has 40 heavy (non-hydrogen) atoms. The summed E-state index contributed by atoms with van der Waals surface area (Å²) >= 11 is 6.76. The zero-order valence-electron chi connectivity index (χ0n) is 21.3. The minimum Gasteiger partial charge on any atom is -0.492 e. The Bertz CT molecular complexity index is 1470. The highest BCUT2D eigenvalue weighted by Gasteiger charge is 2.31. The van der Waals surface area contributed by atoms with E-state index in [1.54, 1.807) is 30.5 Å². The topological polar surface area (TPSA) is 95.2 Å². The monoisotopic (exact) mass is 575 g/mol. The van der Waals surface area contributed by atoms with Crippen molar-refractivity contribution in [2.75, 3.05) is 20.3 Å². The van der Waals surface area contributed by atoms with Gasteiger partial charge in [-0.15, -0.1) is 0 Å². The summed E-state index contributed by atoms with van der Waals surface area (Å²) in [6.07, 6.45) is -2.93. The number of oxime groups is 1. The minimum absolute atomic E-state index is 0.212. The Morgan fingerprint density at radius 3 is 2.50 bits per heavy atom. The van der Waals surface area contributed by atoms with Gasteiger partial charge in [-0.2, -0.15) is 13.2 Å². The number of aliphatic carboxylic acids is 1. The maximum Gasteiger partial charge on any atom is 0.411 e. The predicted molar refractivity (Wildman–Crippen MR) is 143 cm³/mol. The average Bonchev–Trinajstić information content (AvgIpc) is 3.34. The van der Waals surface area contributed by atoms with E-state index in [-0.39, 0.29) is 13.0 Å². The molecule has 2 heterocycles. The van der Waals surface area contributed by atoms with Gasteiger partial charge in [0.25, 0.3) is 0 Å². The molecule has 0 radical (unpaired) electrons. The van der Waals surface area contributed by atoms with Crippen molar-refractivity contribution >= 4 is 34.3 Å². The Morgan fingerprint density at radius 1 is 1.12 bits per heavy atom. The predicted octanol–water partition coefficient (Wildman–Crippen LogP) is 5.74. The Hall–Kier alpha value is -4.09. The van der Waals surface area contributed by atoms with Gasteiger partial charge in [0.05, 0.1) is 11.6 Å². The quantitative estimate of drug-likeness (QED) is 0.171. The summed E-state index contributed by atoms with van der Waals surface area (Å²) in [4.78, 5) is 20.9. The number of hydrogen-bond acceptors (Lipinski definition) is 6. The molecule has 0 saturated carbocycles. The van der Waals surface area contributed by atoms with Gasteiger partial charge in [0.1, 0.15) is 37.4 Å². The van der Waals surface area contributed by atoms with Crippen molar-refractivity contribution < 1.29 is 37.4 Å². The zero-order valence-corrected chi connectivity index (χ0v) is 22.0. The van der Waals surface area contributed by atoms with Crippen LogP contribution in [0.2, 0.25) is 5.02 Å². The normalized spacial score (nSPS) is 12.9. The van der Waals surface area contributed by atoms with Gasteiger partial charge in [-0.25, -0.2) is 9.78 Å². The molecule has 8 nitrogen and oxygen atoms in total. The van der Waals surface area contributed by atoms with Crippen LogP contribution in [0.4, 0.5) is 13.2 Å². The second-order valence-electron chi connectivity index (χ2n) is 8.67. The average molecular weight is 576 g/mol. The van der Waals surface area contributed by atoms with Crippen LogP contribution in [0.5, 0.6) is 5.75 Å². The summed E-state index contributed by atoms with van der Waals surface area (Å²) in [6, 6.07) is 17.8. The van der Waals surface area contributed by atoms with Crippen molar-refractivity contribution in [3.8, 4) is 5.75 Å². The minimum atomic E-state index is -4.61. The summed E-state index contributed by atoms with van der Waals surface area (Å²) < 4.78 is 49.4. The molecule has 210 valence electrons. The lowest BCUT2D eigenvalue weighted by atomic mass is 10.0. The molecule has 0 aliphatic rings. The van der Waals surface area contributed by atoms with Gasteiger partial charge in [-0.3, -0.25) is 0 Å². The number of carbonyl (C=O) groups is 1. The van der Waals surface area contributed by atoms with E-state index in [1.165, 1.54) is 7.11 Å². The third-order valence-electron chi connectivity index (χ3n) is 5.88. The number of halogens is 4. The van der Waals surface area contributed by atoms with Crippen LogP contribution in [0, 0.1) is 0 Å². The van der Waals surface area contributed by atoms with Crippen molar-refractivity contribution in [3.63, 3.8) is 0 Å². The first-order valence-corrected chi connectivity index (χ1v) is 12.5. The highest BCUT2D eigenvalue weighted by atomic mass is 35.5. The van der Waals surface area contributed by atoms with Gasteiger partial charge in [0, 0.05) is 35.3 Å². The van der Waals surface area contributed by atoms with Crippen molar-refractivity contribution in [1.29, 1.82) is 0 Å². The molecule has 1 unspecified atom stereocenters. The molecule has 4 aromatic rings. The standard InChI is InChI=1S/C28H25ClF3N3O5/c1-38-34-25(19-5-3-2-4-6-19)22-16-33-26-21(24(22)29)11-12-35(26)13-14-39-20-9-7-18(8-10-20)15-23(27(36)37)40-17-28(30,31)32/h2-12,16,23H,13-15,17H2,1H3,(H,36,37)/b34-25-. The Morgan fingerprint density at radius 2 is 1.85 bits per heavy atom. The number of carboxylic acid groups (broad SMARTS) is 1. The van der Waals surface area contributed by atoms with E-state index < -0.39 is 24.9 Å². The molecule has 0 amide bonds. The molecule has 2 aromatic heterocycles. The summed E-state index contributed by atoms with van der Waals surface area (Å²) in [6.45, 7) is -0.884. The fraction of sp³-hybridized carbons (Fsp3) is 0.250. The first-order chi connectivity index (χ1) is 19.2. The van der Waals surface area contributed by atoms with E-state index in [0.29, 0.717) is 39.8 Å². The van der Waals surface area contributed by atoms with Crippen LogP contribution in [0.3, 0.4) is 0 Å². The van der Waals surface area contributed by atoms with Crippen molar-refractivity contribution in [2.45, 2.75) is 25.2 Å². The smallest absolute Gasteiger partial charge is 0.411 e. The third kappa shape index (κ3) is 7.30. The second kappa shape index (κ2) is 12.8. The van der Waals surface area contributed by atoms with E-state index in [4.69, 9.17) is 26.3 Å². The molecule has 0 fully saturated rings. The van der Waals surface area contributed by atoms with Crippen LogP contribution in [0.25, 0.3) is 11.0 Å². The van der Waals surface area contributed by atoms with Gasteiger partial charge in [0.15, 0.2) is 6.10 Å². The zero-order chi connectivity index (χ0) is 28.7. The van der Waals surface area contributed by atoms with Crippen molar-refractivity contribution in [1.82, 2.24) is 9.55 Å². The number of carboxylic acids is 1. The maximum atomic E-state index is 12.4. The van der Waals surface area contributed by atoms with Gasteiger partial charge < -0.3 is 24.0 Å². The second-order valence-corrected chi connectivity index (χ2v) is 9.05. The molecule has 1 atom stereocenters. The van der Waals surface area contributed by atoms with Crippen LogP contribution in [0.1, 0.15) is 16.7 Å². The molecule has 0 bridgehead atoms. The summed E-state index contributed by atoms with van der Waals surface area (Å²) in [7, 11) is 1.46. The molecule has 4 rings (SSSR count). The van der Waals surface area contributed by atoms with Crippen molar-refractivity contribution in [3.05, 3.63) is 94.8 Å². The Balaban J connectivity index is 1.39. The molecule has 0 aliphatic carbocycles. The summed E-state index contributed by atoms with van der Waals surface area (Å²) in [5.41, 5.74) is 3.18. The van der Waals surface area contributed by atoms with Crippen LogP contribution in [-0.4, -0.2) is 58.9 Å². The van der Waals surface area contributed by atoms with Gasteiger partial charge in [0.2, 0.25) is 0 Å². The lowest BCUT2D eigenvalue weighted by Gasteiger charge is -2.15. The fourth-order valence-electron chi connectivity index (χ4n) is 4.01. The number of benzene rings is 2. The van der Waals surface area contributed by atoms with Gasteiger partial charge >= 0.3 is 12.1 Å². The number of hydrogen-bond donors (Lipinski definition) is 1. The highest BCUT2D eigenvalue weighted by Crippen LogP contribution is 2.29. The van der Waals surface area contributed by atoms with Gasteiger partial charge in [-0.1, -0.05) is 59.2 Å². The van der Waals surface area contributed by atoms with E-state index in [2.05, 4.69) is 14.9 Å². The van der Waals surface area contributed by atoms with Crippen LogP contribution in [-0.2, 0) is 27.3 Å². The fourth-order valence-corrected chi connectivity index (χ4v) is 4.29. The third-order valence-corrected chi connectivity index (χ3v) is 6.28. The molecule has 0 aliphatic heterocycles. The Kier molecular flexibility index (Phi) is 9.28. The van der Waals surface area contributed by atoms with Crippen molar-refractivity contribution in [2.24, 2.45) is 5.16 Å². The van der Waals surface area contributed by atoms with E-state index >= 15 is 0 Å². The summed E-state index contributed by atoms with van der Waals surface area (Å²) in [5.74, 6) is -0.952. The molecular weight excluding hydrogens is 551 g/mol. The van der Waals surface area contributed by atoms with Gasteiger partial charge in [-0.05, 0) is 23.8 Å². The SMILES string of the molecule is CO/N=C(/c1ccccc1)c1cnc2c(ccn2CCOc2ccc(CC(OCC(F)(F)F)C(=O)O)cc2)c1Cl. The lowest BCUT2D eigenvalue weighted by Crippen LogP contribution is -2.31. The van der Waals surface area contributed by atoms with Crippen LogP contribution < -0.4 is 4.74 Å². The maximum absolute atomic E-state index is 12.4. The largest absolute Gasteiger partial charge is 0.492 e. The molecule has 0 saturated heterocycles. The number of pyridine rings is 1.